The number of thioether (sulfide) groups is 1. The van der Waals surface area contributed by atoms with Crippen LogP contribution in [0.4, 0.5) is 5.69 Å². The van der Waals surface area contributed by atoms with Crippen LogP contribution in [0.3, 0.4) is 0 Å². The Bertz CT molecular complexity index is 1240. The molecule has 3 aromatic carbocycles. The molecule has 0 heterocycles. The van der Waals surface area contributed by atoms with E-state index in [4.69, 9.17) is 11.6 Å². The Morgan fingerprint density at radius 1 is 0.867 bits per heavy atom. The summed E-state index contributed by atoms with van der Waals surface area (Å²) in [6.07, 6.45) is 0. The van der Waals surface area contributed by atoms with Crippen molar-refractivity contribution in [2.45, 2.75) is 21.6 Å². The van der Waals surface area contributed by atoms with E-state index in [2.05, 4.69) is 4.72 Å². The molecule has 0 saturated carbocycles. The molecule has 0 amide bonds. The van der Waals surface area contributed by atoms with E-state index in [9.17, 15) is 16.8 Å². The molecule has 0 bridgehead atoms. The van der Waals surface area contributed by atoms with Crippen LogP contribution in [0.1, 0.15) is 5.56 Å². The van der Waals surface area contributed by atoms with Crippen molar-refractivity contribution in [3.63, 3.8) is 0 Å². The minimum absolute atomic E-state index is 0.0851. The zero-order valence-electron chi connectivity index (χ0n) is 16.1. The monoisotopic (exact) mass is 481 g/mol. The lowest BCUT2D eigenvalue weighted by atomic mass is 10.2. The van der Waals surface area contributed by atoms with Crippen LogP contribution < -0.4 is 4.72 Å². The number of aryl methyl sites for hydroxylation is 1. The summed E-state index contributed by atoms with van der Waals surface area (Å²) in [7, 11) is -7.21. The molecule has 0 aromatic heterocycles. The molecule has 3 aromatic rings. The maximum Gasteiger partial charge on any atom is 0.261 e. The number of halogens is 1. The van der Waals surface area contributed by atoms with Gasteiger partial charge in [0.25, 0.3) is 10.0 Å². The molecule has 3 rings (SSSR count). The molecule has 0 aliphatic carbocycles. The van der Waals surface area contributed by atoms with Gasteiger partial charge in [0.1, 0.15) is 0 Å². The Morgan fingerprint density at radius 3 is 2.27 bits per heavy atom. The van der Waals surface area contributed by atoms with Crippen molar-refractivity contribution < 1.29 is 16.8 Å². The molecular formula is C21H20ClNO4S3. The normalized spacial score (nSPS) is 11.9. The summed E-state index contributed by atoms with van der Waals surface area (Å²) < 4.78 is 53.0. The fourth-order valence-corrected chi connectivity index (χ4v) is 6.73. The minimum atomic E-state index is -3.75. The Hall–Kier alpha value is -2.00. The summed E-state index contributed by atoms with van der Waals surface area (Å²) in [5.74, 6) is 0.187. The van der Waals surface area contributed by atoms with E-state index in [1.807, 2.05) is 13.0 Å². The predicted octanol–water partition coefficient (Wildman–Crippen LogP) is 5.02. The number of rotatable bonds is 8. The van der Waals surface area contributed by atoms with Crippen molar-refractivity contribution in [2.75, 3.05) is 16.2 Å². The first-order valence-corrected chi connectivity index (χ1v) is 13.5. The zero-order chi connectivity index (χ0) is 21.8. The van der Waals surface area contributed by atoms with Crippen LogP contribution >= 0.6 is 23.4 Å². The van der Waals surface area contributed by atoms with Gasteiger partial charge in [-0.2, -0.15) is 0 Å². The van der Waals surface area contributed by atoms with Crippen LogP contribution in [0.15, 0.2) is 87.5 Å². The van der Waals surface area contributed by atoms with E-state index in [0.29, 0.717) is 15.6 Å². The number of hydrogen-bond donors (Lipinski definition) is 1. The van der Waals surface area contributed by atoms with Gasteiger partial charge in [0.15, 0.2) is 9.84 Å². The average molecular weight is 482 g/mol. The van der Waals surface area contributed by atoms with Gasteiger partial charge in [0.05, 0.1) is 21.2 Å². The van der Waals surface area contributed by atoms with Gasteiger partial charge in [-0.25, -0.2) is 16.8 Å². The molecule has 5 nitrogen and oxygen atoms in total. The number of sulfone groups is 1. The average Bonchev–Trinajstić information content (AvgIpc) is 2.69. The molecule has 0 aliphatic rings. The van der Waals surface area contributed by atoms with E-state index < -0.39 is 19.9 Å². The fourth-order valence-electron chi connectivity index (χ4n) is 2.68. The highest BCUT2D eigenvalue weighted by molar-refractivity contribution is 8.01. The second kappa shape index (κ2) is 9.43. The first kappa shape index (κ1) is 22.7. The van der Waals surface area contributed by atoms with Gasteiger partial charge in [-0.3, -0.25) is 4.72 Å². The first-order valence-electron chi connectivity index (χ1n) is 8.97. The second-order valence-corrected chi connectivity index (χ2v) is 11.9. The Labute approximate surface area is 186 Å². The molecule has 0 fully saturated rings. The van der Waals surface area contributed by atoms with Gasteiger partial charge < -0.3 is 0 Å². The number of nitrogens with one attached hydrogen (secondary N) is 1. The molecule has 0 saturated heterocycles. The van der Waals surface area contributed by atoms with Gasteiger partial charge in [0.2, 0.25) is 0 Å². The third-order valence-electron chi connectivity index (χ3n) is 4.21. The molecule has 0 radical (unpaired) electrons. The maximum absolute atomic E-state index is 12.7. The highest BCUT2D eigenvalue weighted by Gasteiger charge is 2.18. The summed E-state index contributed by atoms with van der Waals surface area (Å²) in [5.41, 5.74) is 1.25. The van der Waals surface area contributed by atoms with Crippen LogP contribution in [0.5, 0.6) is 0 Å². The van der Waals surface area contributed by atoms with Crippen LogP contribution in [0.25, 0.3) is 0 Å². The molecule has 0 unspecified atom stereocenters. The van der Waals surface area contributed by atoms with Gasteiger partial charge in [0, 0.05) is 15.7 Å². The standard InChI is InChI=1S/C21H20ClNO4S3/c1-16-5-4-6-19(15-16)30(26,27)23-20-7-2-3-8-21(20)28-13-14-29(24,25)18-11-9-17(22)10-12-18/h2-12,15,23H,13-14H2,1H3. The SMILES string of the molecule is Cc1cccc(S(=O)(=O)Nc2ccccc2SCCS(=O)(=O)c2ccc(Cl)cc2)c1. The van der Waals surface area contributed by atoms with E-state index >= 15 is 0 Å². The first-order chi connectivity index (χ1) is 14.2. The van der Waals surface area contributed by atoms with Crippen molar-refractivity contribution in [3.05, 3.63) is 83.4 Å². The summed E-state index contributed by atoms with van der Waals surface area (Å²) >= 11 is 7.09. The molecule has 0 atom stereocenters. The third-order valence-corrected chi connectivity index (χ3v) is 8.89. The van der Waals surface area contributed by atoms with E-state index in [-0.39, 0.29) is 21.3 Å². The highest BCUT2D eigenvalue weighted by atomic mass is 35.5. The molecular weight excluding hydrogens is 462 g/mol. The molecule has 30 heavy (non-hydrogen) atoms. The Morgan fingerprint density at radius 2 is 1.57 bits per heavy atom. The van der Waals surface area contributed by atoms with Crippen LogP contribution in [0, 0.1) is 6.92 Å². The number of para-hydroxylation sites is 1. The topological polar surface area (TPSA) is 80.3 Å². The van der Waals surface area contributed by atoms with Gasteiger partial charge in [-0.05, 0) is 61.0 Å². The lowest BCUT2D eigenvalue weighted by Crippen LogP contribution is -2.14. The minimum Gasteiger partial charge on any atom is -0.278 e. The molecule has 158 valence electrons. The number of sulfonamides is 1. The molecule has 9 heteroatoms. The summed E-state index contributed by atoms with van der Waals surface area (Å²) in [5, 5.41) is 0.471. The Kier molecular flexibility index (Phi) is 7.13. The quantitative estimate of drug-likeness (QED) is 0.457. The summed E-state index contributed by atoms with van der Waals surface area (Å²) in [6, 6.07) is 19.6. The van der Waals surface area contributed by atoms with Crippen molar-refractivity contribution in [1.82, 2.24) is 0 Å². The lowest BCUT2D eigenvalue weighted by molar-refractivity contribution is 0.597. The number of hydrogen-bond acceptors (Lipinski definition) is 5. The van der Waals surface area contributed by atoms with Crippen molar-refractivity contribution in [1.29, 1.82) is 0 Å². The van der Waals surface area contributed by atoms with Crippen molar-refractivity contribution in [3.8, 4) is 0 Å². The lowest BCUT2D eigenvalue weighted by Gasteiger charge is -2.13. The fraction of sp³-hybridized carbons (Fsp3) is 0.143. The summed E-state index contributed by atoms with van der Waals surface area (Å²) in [6.45, 7) is 1.82. The van der Waals surface area contributed by atoms with E-state index in [1.54, 1.807) is 36.4 Å². The van der Waals surface area contributed by atoms with Crippen LogP contribution in [-0.2, 0) is 19.9 Å². The number of benzene rings is 3. The van der Waals surface area contributed by atoms with Crippen molar-refractivity contribution in [2.24, 2.45) is 0 Å². The van der Waals surface area contributed by atoms with E-state index in [0.717, 1.165) is 5.56 Å². The number of anilines is 1. The summed E-state index contributed by atoms with van der Waals surface area (Å²) in [4.78, 5) is 1.04. The molecule has 1 N–H and O–H groups in total. The maximum atomic E-state index is 12.7. The van der Waals surface area contributed by atoms with Gasteiger partial charge in [-0.15, -0.1) is 11.8 Å². The van der Waals surface area contributed by atoms with Gasteiger partial charge >= 0.3 is 0 Å². The molecule has 0 spiro atoms. The third kappa shape index (κ3) is 5.78. The van der Waals surface area contributed by atoms with Crippen molar-refractivity contribution >= 4 is 48.9 Å². The highest BCUT2D eigenvalue weighted by Crippen LogP contribution is 2.29. The van der Waals surface area contributed by atoms with E-state index in [1.165, 1.54) is 42.1 Å². The predicted molar refractivity (Wildman–Crippen MR) is 123 cm³/mol. The van der Waals surface area contributed by atoms with Crippen LogP contribution in [0.2, 0.25) is 5.02 Å². The molecule has 0 aliphatic heterocycles. The zero-order valence-corrected chi connectivity index (χ0v) is 19.3. The van der Waals surface area contributed by atoms with Gasteiger partial charge in [-0.1, -0.05) is 35.9 Å². The smallest absolute Gasteiger partial charge is 0.261 e. The second-order valence-electron chi connectivity index (χ2n) is 6.54. The van der Waals surface area contributed by atoms with Crippen LogP contribution in [-0.4, -0.2) is 28.3 Å². The largest absolute Gasteiger partial charge is 0.278 e. The Balaban J connectivity index is 1.72.